The van der Waals surface area contributed by atoms with Crippen molar-refractivity contribution in [1.82, 2.24) is 24.2 Å². The second-order valence-electron chi connectivity index (χ2n) is 7.07. The number of benzene rings is 1. The first kappa shape index (κ1) is 20.0. The van der Waals surface area contributed by atoms with Gasteiger partial charge in [0.25, 0.3) is 5.91 Å². The van der Waals surface area contributed by atoms with Crippen LogP contribution in [0.3, 0.4) is 0 Å². The molecule has 0 unspecified atom stereocenters. The second-order valence-corrected chi connectivity index (χ2v) is 7.07. The van der Waals surface area contributed by atoms with Gasteiger partial charge in [0.05, 0.1) is 30.9 Å². The van der Waals surface area contributed by atoms with Gasteiger partial charge in [-0.3, -0.25) is 4.79 Å². The SMILES string of the molecule is COc1cn(-c2cccc(C(F)(F)F)c2)nc1C(=O)N1CCC(n2ccnc2)CC1. The summed E-state index contributed by atoms with van der Waals surface area (Å²) >= 11 is 0. The van der Waals surface area contributed by atoms with Crippen LogP contribution in [0.4, 0.5) is 13.2 Å². The number of likely N-dealkylation sites (tertiary alicyclic amines) is 1. The topological polar surface area (TPSA) is 65.2 Å². The number of carbonyl (C=O) groups excluding carboxylic acids is 1. The van der Waals surface area contributed by atoms with Gasteiger partial charge < -0.3 is 14.2 Å². The van der Waals surface area contributed by atoms with Crippen molar-refractivity contribution in [1.29, 1.82) is 0 Å². The number of rotatable bonds is 4. The van der Waals surface area contributed by atoms with Crippen LogP contribution in [0, 0.1) is 0 Å². The molecule has 0 radical (unpaired) electrons. The minimum absolute atomic E-state index is 0.0796. The fourth-order valence-corrected chi connectivity index (χ4v) is 3.61. The van der Waals surface area contributed by atoms with Crippen molar-refractivity contribution >= 4 is 5.91 Å². The van der Waals surface area contributed by atoms with Gasteiger partial charge in [-0.1, -0.05) is 6.07 Å². The smallest absolute Gasteiger partial charge is 0.416 e. The number of amides is 1. The Labute approximate surface area is 170 Å². The number of ether oxygens (including phenoxy) is 1. The molecule has 30 heavy (non-hydrogen) atoms. The molecule has 2 aromatic heterocycles. The zero-order chi connectivity index (χ0) is 21.3. The van der Waals surface area contributed by atoms with E-state index in [1.807, 2.05) is 10.8 Å². The fraction of sp³-hybridized carbons (Fsp3) is 0.350. The van der Waals surface area contributed by atoms with Crippen molar-refractivity contribution in [2.24, 2.45) is 0 Å². The lowest BCUT2D eigenvalue weighted by atomic mass is 10.0. The van der Waals surface area contributed by atoms with Crippen molar-refractivity contribution in [3.05, 3.63) is 60.4 Å². The van der Waals surface area contributed by atoms with Gasteiger partial charge in [0.15, 0.2) is 11.4 Å². The molecule has 4 rings (SSSR count). The summed E-state index contributed by atoms with van der Waals surface area (Å²) in [4.78, 5) is 18.8. The van der Waals surface area contributed by atoms with Crippen molar-refractivity contribution in [2.45, 2.75) is 25.1 Å². The summed E-state index contributed by atoms with van der Waals surface area (Å²) in [7, 11) is 1.40. The number of aromatic nitrogens is 4. The molecular formula is C20H20F3N5O2. The Morgan fingerprint density at radius 3 is 2.63 bits per heavy atom. The van der Waals surface area contributed by atoms with E-state index in [2.05, 4.69) is 10.1 Å². The van der Waals surface area contributed by atoms with Gasteiger partial charge in [-0.25, -0.2) is 9.67 Å². The number of nitrogens with zero attached hydrogens (tertiary/aromatic N) is 5. The van der Waals surface area contributed by atoms with Crippen LogP contribution in [0.5, 0.6) is 5.75 Å². The fourth-order valence-electron chi connectivity index (χ4n) is 3.61. The van der Waals surface area contributed by atoms with E-state index in [4.69, 9.17) is 4.74 Å². The predicted molar refractivity (Wildman–Crippen MR) is 102 cm³/mol. The number of hydrogen-bond acceptors (Lipinski definition) is 4. The number of methoxy groups -OCH3 is 1. The highest BCUT2D eigenvalue weighted by Gasteiger charge is 2.31. The maximum Gasteiger partial charge on any atom is 0.416 e. The molecule has 0 saturated carbocycles. The molecule has 0 spiro atoms. The van der Waals surface area contributed by atoms with Crippen molar-refractivity contribution in [3.63, 3.8) is 0 Å². The number of piperidine rings is 1. The first-order valence-electron chi connectivity index (χ1n) is 9.45. The summed E-state index contributed by atoms with van der Waals surface area (Å²) in [6, 6.07) is 5.04. The molecule has 1 aliphatic heterocycles. The van der Waals surface area contributed by atoms with Gasteiger partial charge >= 0.3 is 6.18 Å². The highest BCUT2D eigenvalue weighted by molar-refractivity contribution is 5.95. The van der Waals surface area contributed by atoms with E-state index in [1.165, 1.54) is 30.1 Å². The molecule has 7 nitrogen and oxygen atoms in total. The van der Waals surface area contributed by atoms with Gasteiger partial charge in [0.2, 0.25) is 0 Å². The lowest BCUT2D eigenvalue weighted by Crippen LogP contribution is -2.39. The summed E-state index contributed by atoms with van der Waals surface area (Å²) < 4.78 is 47.6. The maximum atomic E-state index is 13.0. The molecule has 1 saturated heterocycles. The molecule has 10 heteroatoms. The summed E-state index contributed by atoms with van der Waals surface area (Å²) in [6.07, 6.45) is 3.90. The number of carbonyl (C=O) groups is 1. The van der Waals surface area contributed by atoms with Gasteiger partial charge in [0, 0.05) is 31.5 Å². The van der Waals surface area contributed by atoms with E-state index in [1.54, 1.807) is 17.4 Å². The number of hydrogen-bond donors (Lipinski definition) is 0. The van der Waals surface area contributed by atoms with E-state index >= 15 is 0 Å². The predicted octanol–water partition coefficient (Wildman–Crippen LogP) is 3.57. The average Bonchev–Trinajstić information content (AvgIpc) is 3.43. The minimum atomic E-state index is -4.47. The van der Waals surface area contributed by atoms with E-state index < -0.39 is 11.7 Å². The monoisotopic (exact) mass is 419 g/mol. The molecule has 1 fully saturated rings. The number of imidazole rings is 1. The summed E-state index contributed by atoms with van der Waals surface area (Å²) in [6.45, 7) is 1.09. The van der Waals surface area contributed by atoms with Gasteiger partial charge in [-0.05, 0) is 31.0 Å². The molecule has 0 atom stereocenters. The Morgan fingerprint density at radius 2 is 2.00 bits per heavy atom. The van der Waals surface area contributed by atoms with Gasteiger partial charge in [-0.2, -0.15) is 18.3 Å². The van der Waals surface area contributed by atoms with E-state index in [-0.39, 0.29) is 29.1 Å². The van der Waals surface area contributed by atoms with Crippen LogP contribution >= 0.6 is 0 Å². The summed E-state index contributed by atoms with van der Waals surface area (Å²) in [5.74, 6) is -0.0872. The minimum Gasteiger partial charge on any atom is -0.493 e. The van der Waals surface area contributed by atoms with Gasteiger partial charge in [0.1, 0.15) is 0 Å². The molecule has 1 aliphatic rings. The van der Waals surface area contributed by atoms with E-state index in [9.17, 15) is 18.0 Å². The third-order valence-corrected chi connectivity index (χ3v) is 5.24. The van der Waals surface area contributed by atoms with Gasteiger partial charge in [-0.15, -0.1) is 0 Å². The number of alkyl halides is 3. The summed E-state index contributed by atoms with van der Waals surface area (Å²) in [5, 5.41) is 4.24. The third-order valence-electron chi connectivity index (χ3n) is 5.24. The van der Waals surface area contributed by atoms with Crippen molar-refractivity contribution in [2.75, 3.05) is 20.2 Å². The lowest BCUT2D eigenvalue weighted by Gasteiger charge is -2.32. The van der Waals surface area contributed by atoms with Crippen LogP contribution in [-0.2, 0) is 6.18 Å². The van der Waals surface area contributed by atoms with Crippen molar-refractivity contribution in [3.8, 4) is 11.4 Å². The number of halogens is 3. The zero-order valence-electron chi connectivity index (χ0n) is 16.2. The molecular weight excluding hydrogens is 399 g/mol. The average molecular weight is 419 g/mol. The Hall–Kier alpha value is -3.30. The second kappa shape index (κ2) is 7.85. The molecule has 3 heterocycles. The van der Waals surface area contributed by atoms with Crippen LogP contribution in [0.2, 0.25) is 0 Å². The van der Waals surface area contributed by atoms with Crippen LogP contribution in [0.15, 0.2) is 49.2 Å². The first-order chi connectivity index (χ1) is 14.4. The zero-order valence-corrected chi connectivity index (χ0v) is 16.2. The molecule has 0 N–H and O–H groups in total. The highest BCUT2D eigenvalue weighted by Crippen LogP contribution is 2.31. The highest BCUT2D eigenvalue weighted by atomic mass is 19.4. The van der Waals surface area contributed by atoms with Crippen LogP contribution in [-0.4, -0.2) is 50.3 Å². The Kier molecular flexibility index (Phi) is 5.23. The molecule has 3 aromatic rings. The first-order valence-corrected chi connectivity index (χ1v) is 9.45. The molecule has 1 amide bonds. The van der Waals surface area contributed by atoms with Crippen LogP contribution in [0.25, 0.3) is 5.69 Å². The quantitative estimate of drug-likeness (QED) is 0.649. The van der Waals surface area contributed by atoms with Crippen LogP contribution in [0.1, 0.15) is 34.9 Å². The largest absolute Gasteiger partial charge is 0.493 e. The Morgan fingerprint density at radius 1 is 1.23 bits per heavy atom. The molecule has 0 bridgehead atoms. The molecule has 1 aromatic carbocycles. The normalized spacial score (nSPS) is 15.4. The molecule has 158 valence electrons. The lowest BCUT2D eigenvalue weighted by molar-refractivity contribution is -0.137. The van der Waals surface area contributed by atoms with Crippen molar-refractivity contribution < 1.29 is 22.7 Å². The maximum absolute atomic E-state index is 13.0. The molecule has 0 aliphatic carbocycles. The van der Waals surface area contributed by atoms with E-state index in [0.29, 0.717) is 13.1 Å². The standard InChI is InChI=1S/C20H20F3N5O2/c1-30-17-12-28(16-4-2-3-14(11-16)20(21,22)23)25-18(17)19(29)26-8-5-15(6-9-26)27-10-7-24-13-27/h2-4,7,10-13,15H,5-6,8-9H2,1H3. The summed E-state index contributed by atoms with van der Waals surface area (Å²) in [5.41, 5.74) is -0.513. The third kappa shape index (κ3) is 3.89. The van der Waals surface area contributed by atoms with E-state index in [0.717, 1.165) is 25.0 Å². The Bertz CT molecular complexity index is 1020. The van der Waals surface area contributed by atoms with Crippen LogP contribution < -0.4 is 4.74 Å². The Balaban J connectivity index is 1.54.